The molecule has 1 aromatic rings. The van der Waals surface area contributed by atoms with Crippen molar-refractivity contribution in [2.45, 2.75) is 97.9 Å². The average molecular weight is 550 g/mol. The second-order valence-electron chi connectivity index (χ2n) is 12.5. The van der Waals surface area contributed by atoms with Crippen LogP contribution in [0.4, 0.5) is 9.59 Å². The van der Waals surface area contributed by atoms with E-state index < -0.39 is 11.2 Å². The number of ether oxygens (including phenoxy) is 3. The summed E-state index contributed by atoms with van der Waals surface area (Å²) < 4.78 is 16.4. The molecule has 9 nitrogen and oxygen atoms in total. The van der Waals surface area contributed by atoms with E-state index in [2.05, 4.69) is 4.98 Å². The number of piperidine rings is 2. The van der Waals surface area contributed by atoms with Gasteiger partial charge in [0.2, 0.25) is 0 Å². The summed E-state index contributed by atoms with van der Waals surface area (Å²) in [5.74, 6) is 1.19. The molecule has 2 amide bonds. The maximum Gasteiger partial charge on any atom is 0.410 e. The highest BCUT2D eigenvalue weighted by Crippen LogP contribution is 2.23. The van der Waals surface area contributed by atoms with Gasteiger partial charge in [0, 0.05) is 51.8 Å². The number of aliphatic hydroxyl groups is 1. The summed E-state index contributed by atoms with van der Waals surface area (Å²) in [5.41, 5.74) is 0.264. The third-order valence-electron chi connectivity index (χ3n) is 6.73. The lowest BCUT2D eigenvalue weighted by molar-refractivity contribution is 0.0158. The number of carbonyl (C=O) groups is 2. The number of amides is 2. The van der Waals surface area contributed by atoms with Crippen molar-refractivity contribution in [3.8, 4) is 0 Å². The Balaban J connectivity index is 0.000000293. The zero-order chi connectivity index (χ0) is 28.9. The quantitative estimate of drug-likeness (QED) is 0.439. The lowest BCUT2D eigenvalue weighted by atomic mass is 9.94. The third-order valence-corrected chi connectivity index (χ3v) is 6.73. The number of carbonyl (C=O) groups excluding carboxylic acids is 2. The van der Waals surface area contributed by atoms with Gasteiger partial charge in [0.25, 0.3) is 0 Å². The summed E-state index contributed by atoms with van der Waals surface area (Å²) in [6.07, 6.45) is 9.08. The zero-order valence-electron chi connectivity index (χ0n) is 25.0. The van der Waals surface area contributed by atoms with Crippen LogP contribution in [-0.4, -0.2) is 82.7 Å². The van der Waals surface area contributed by atoms with Gasteiger partial charge >= 0.3 is 12.2 Å². The Hall–Kier alpha value is -2.39. The van der Waals surface area contributed by atoms with Gasteiger partial charge in [0.15, 0.2) is 0 Å². The van der Waals surface area contributed by atoms with E-state index in [9.17, 15) is 9.59 Å². The van der Waals surface area contributed by atoms with Crippen molar-refractivity contribution in [1.29, 1.82) is 0 Å². The van der Waals surface area contributed by atoms with Gasteiger partial charge in [0.1, 0.15) is 11.2 Å². The lowest BCUT2D eigenvalue weighted by Crippen LogP contribution is -2.41. The first-order valence-corrected chi connectivity index (χ1v) is 14.4. The highest BCUT2D eigenvalue weighted by atomic mass is 16.6. The van der Waals surface area contributed by atoms with Crippen LogP contribution < -0.4 is 0 Å². The summed E-state index contributed by atoms with van der Waals surface area (Å²) in [5, 5.41) is 8.84. The summed E-state index contributed by atoms with van der Waals surface area (Å²) >= 11 is 0. The van der Waals surface area contributed by atoms with Crippen LogP contribution in [0.15, 0.2) is 24.5 Å². The van der Waals surface area contributed by atoms with E-state index in [4.69, 9.17) is 19.3 Å². The second-order valence-corrected chi connectivity index (χ2v) is 12.5. The molecule has 3 rings (SSSR count). The Morgan fingerprint density at radius 2 is 1.36 bits per heavy atom. The summed E-state index contributed by atoms with van der Waals surface area (Å²) in [6, 6.07) is 3.94. The van der Waals surface area contributed by atoms with E-state index in [0.29, 0.717) is 18.4 Å². The standard InChI is InChI=1S/C18H28N2O3.C12H23NO3/c1-18(2,3)23-17(21)20-10-6-15(7-11-20)8-12-22-14-16-5-4-9-19-13-16;1-12(2,3)16-11(15)13-7-4-10(5-8-13)6-9-14/h4-5,9,13,15H,6-8,10-12,14H2,1-3H3;10,14H,4-9H2,1-3H3. The predicted molar refractivity (Wildman–Crippen MR) is 151 cm³/mol. The van der Waals surface area contributed by atoms with Gasteiger partial charge < -0.3 is 29.1 Å². The fourth-order valence-corrected chi connectivity index (χ4v) is 4.57. The number of aromatic nitrogens is 1. The predicted octanol–water partition coefficient (Wildman–Crippen LogP) is 5.65. The largest absolute Gasteiger partial charge is 0.444 e. The van der Waals surface area contributed by atoms with Crippen molar-refractivity contribution in [3.05, 3.63) is 30.1 Å². The highest BCUT2D eigenvalue weighted by Gasteiger charge is 2.27. The van der Waals surface area contributed by atoms with Crippen molar-refractivity contribution in [2.75, 3.05) is 39.4 Å². The molecule has 3 heterocycles. The van der Waals surface area contributed by atoms with Crippen LogP contribution in [-0.2, 0) is 20.8 Å². The Kier molecular flexibility index (Phi) is 13.5. The molecule has 2 aliphatic rings. The van der Waals surface area contributed by atoms with Crippen LogP contribution in [0.1, 0.15) is 85.6 Å². The maximum atomic E-state index is 12.0. The van der Waals surface area contributed by atoms with Crippen molar-refractivity contribution >= 4 is 12.2 Å². The Morgan fingerprint density at radius 3 is 1.77 bits per heavy atom. The number of nitrogens with zero attached hydrogens (tertiary/aromatic N) is 3. The minimum absolute atomic E-state index is 0.191. The molecule has 1 aromatic heterocycles. The molecule has 0 unspecified atom stereocenters. The minimum atomic E-state index is -0.423. The van der Waals surface area contributed by atoms with E-state index in [1.807, 2.05) is 64.8 Å². The monoisotopic (exact) mass is 549 g/mol. The number of hydrogen-bond donors (Lipinski definition) is 1. The molecule has 39 heavy (non-hydrogen) atoms. The molecule has 2 fully saturated rings. The molecular weight excluding hydrogens is 498 g/mol. The third kappa shape index (κ3) is 14.0. The van der Waals surface area contributed by atoms with Crippen molar-refractivity contribution in [3.63, 3.8) is 0 Å². The first kappa shape index (κ1) is 32.8. The van der Waals surface area contributed by atoms with Crippen molar-refractivity contribution < 1.29 is 28.9 Å². The maximum absolute atomic E-state index is 12.0. The molecule has 1 N–H and O–H groups in total. The lowest BCUT2D eigenvalue weighted by Gasteiger charge is -2.33. The molecule has 0 spiro atoms. The van der Waals surface area contributed by atoms with Gasteiger partial charge in [-0.05, 0) is 104 Å². The summed E-state index contributed by atoms with van der Waals surface area (Å²) in [4.78, 5) is 31.4. The zero-order valence-corrected chi connectivity index (χ0v) is 25.0. The van der Waals surface area contributed by atoms with Crippen LogP contribution in [0, 0.1) is 11.8 Å². The van der Waals surface area contributed by atoms with Gasteiger partial charge in [-0.15, -0.1) is 0 Å². The first-order valence-electron chi connectivity index (χ1n) is 14.4. The molecule has 9 heteroatoms. The average Bonchev–Trinajstić information content (AvgIpc) is 2.87. The van der Waals surface area contributed by atoms with E-state index in [-0.39, 0.29) is 18.8 Å². The van der Waals surface area contributed by atoms with E-state index in [1.54, 1.807) is 11.1 Å². The molecule has 0 aromatic carbocycles. The second kappa shape index (κ2) is 16.0. The van der Waals surface area contributed by atoms with Crippen LogP contribution >= 0.6 is 0 Å². The highest BCUT2D eigenvalue weighted by molar-refractivity contribution is 5.68. The normalized spacial score (nSPS) is 17.3. The molecule has 0 saturated carbocycles. The van der Waals surface area contributed by atoms with Crippen molar-refractivity contribution in [2.24, 2.45) is 11.8 Å². The molecular formula is C30H51N3O6. The molecule has 2 aliphatic heterocycles. The van der Waals surface area contributed by atoms with E-state index >= 15 is 0 Å². The summed E-state index contributed by atoms with van der Waals surface area (Å²) in [6.45, 7) is 16.0. The minimum Gasteiger partial charge on any atom is -0.444 e. The number of pyridine rings is 1. The van der Waals surface area contributed by atoms with Gasteiger partial charge in [-0.1, -0.05) is 6.07 Å². The van der Waals surface area contributed by atoms with Gasteiger partial charge in [-0.3, -0.25) is 4.98 Å². The SMILES string of the molecule is CC(C)(C)OC(=O)N1CCC(CCO)CC1.CC(C)(C)OC(=O)N1CCC(CCOCc2cccnc2)CC1. The molecule has 0 radical (unpaired) electrons. The summed E-state index contributed by atoms with van der Waals surface area (Å²) in [7, 11) is 0. The Labute approximate surface area is 235 Å². The number of hydrogen-bond acceptors (Lipinski definition) is 7. The van der Waals surface area contributed by atoms with Crippen LogP contribution in [0.3, 0.4) is 0 Å². The number of rotatable bonds is 7. The van der Waals surface area contributed by atoms with Gasteiger partial charge in [0.05, 0.1) is 6.61 Å². The fraction of sp³-hybridized carbons (Fsp3) is 0.767. The molecule has 0 aliphatic carbocycles. The number of likely N-dealkylation sites (tertiary alicyclic amines) is 2. The molecule has 2 saturated heterocycles. The Morgan fingerprint density at radius 1 is 0.872 bits per heavy atom. The van der Waals surface area contributed by atoms with Gasteiger partial charge in [-0.25, -0.2) is 9.59 Å². The van der Waals surface area contributed by atoms with Crippen LogP contribution in [0.5, 0.6) is 0 Å². The smallest absolute Gasteiger partial charge is 0.410 e. The van der Waals surface area contributed by atoms with Crippen LogP contribution in [0.2, 0.25) is 0 Å². The fourth-order valence-electron chi connectivity index (χ4n) is 4.57. The first-order chi connectivity index (χ1) is 18.4. The number of aliphatic hydroxyl groups excluding tert-OH is 1. The molecule has 0 atom stereocenters. The Bertz CT molecular complexity index is 836. The topological polar surface area (TPSA) is 101 Å². The van der Waals surface area contributed by atoms with E-state index in [0.717, 1.165) is 76.9 Å². The van der Waals surface area contributed by atoms with Gasteiger partial charge in [-0.2, -0.15) is 0 Å². The molecule has 222 valence electrons. The van der Waals surface area contributed by atoms with Crippen LogP contribution in [0.25, 0.3) is 0 Å². The van der Waals surface area contributed by atoms with E-state index in [1.165, 1.54) is 0 Å². The molecule has 0 bridgehead atoms. The van der Waals surface area contributed by atoms with Crippen molar-refractivity contribution in [1.82, 2.24) is 14.8 Å².